The second-order valence-electron chi connectivity index (χ2n) is 3.90. The lowest BCUT2D eigenvalue weighted by atomic mass is 10.2. The van der Waals surface area contributed by atoms with E-state index in [9.17, 15) is 4.79 Å². The number of benzene rings is 1. The molecule has 3 N–H and O–H groups in total. The van der Waals surface area contributed by atoms with Crippen LogP contribution in [0.3, 0.4) is 0 Å². The van der Waals surface area contributed by atoms with Gasteiger partial charge in [-0.3, -0.25) is 4.79 Å². The summed E-state index contributed by atoms with van der Waals surface area (Å²) in [4.78, 5) is 15.8. The highest BCUT2D eigenvalue weighted by Gasteiger charge is 2.10. The molecule has 1 amide bonds. The van der Waals surface area contributed by atoms with E-state index in [1.165, 1.54) is 12.3 Å². The zero-order valence-corrected chi connectivity index (χ0v) is 12.2. The topological polar surface area (TPSA) is 68.0 Å². The van der Waals surface area contributed by atoms with Gasteiger partial charge in [-0.15, -0.1) is 0 Å². The lowest BCUT2D eigenvalue weighted by molar-refractivity contribution is 0.0951. The Balaban J connectivity index is 2.05. The van der Waals surface area contributed by atoms with Gasteiger partial charge in [-0.1, -0.05) is 39.7 Å². The summed E-state index contributed by atoms with van der Waals surface area (Å²) in [7, 11) is 0. The van der Waals surface area contributed by atoms with E-state index in [-0.39, 0.29) is 11.1 Å². The van der Waals surface area contributed by atoms with Crippen LogP contribution in [-0.4, -0.2) is 10.9 Å². The fourth-order valence-electron chi connectivity index (χ4n) is 1.52. The Morgan fingerprint density at radius 3 is 2.74 bits per heavy atom. The van der Waals surface area contributed by atoms with Crippen molar-refractivity contribution < 1.29 is 4.79 Å². The molecule has 98 valence electrons. The molecule has 19 heavy (non-hydrogen) atoms. The van der Waals surface area contributed by atoms with Crippen LogP contribution in [0.15, 0.2) is 41.0 Å². The van der Waals surface area contributed by atoms with Crippen LogP contribution in [-0.2, 0) is 6.54 Å². The van der Waals surface area contributed by atoms with Crippen LogP contribution in [0, 0.1) is 0 Å². The van der Waals surface area contributed by atoms with E-state index in [1.807, 2.05) is 24.3 Å². The third-order valence-corrected chi connectivity index (χ3v) is 3.25. The summed E-state index contributed by atoms with van der Waals surface area (Å²) in [5.74, 6) is -0.273. The molecule has 4 nitrogen and oxygen atoms in total. The summed E-state index contributed by atoms with van der Waals surface area (Å²) >= 11 is 9.10. The molecule has 0 fully saturated rings. The minimum atomic E-state index is -0.273. The number of rotatable bonds is 3. The van der Waals surface area contributed by atoms with Gasteiger partial charge in [-0.2, -0.15) is 0 Å². The first-order chi connectivity index (χ1) is 9.06. The van der Waals surface area contributed by atoms with Gasteiger partial charge in [0.05, 0.1) is 17.4 Å². The van der Waals surface area contributed by atoms with Crippen molar-refractivity contribution in [2.24, 2.45) is 0 Å². The minimum Gasteiger partial charge on any atom is -0.397 e. The van der Waals surface area contributed by atoms with E-state index in [0.29, 0.717) is 17.8 Å². The standard InChI is InChI=1S/C13H11BrClN3O/c14-9-3-1-8(2-4-9)6-18-13(19)10-5-12(15)17-7-11(10)16/h1-5,7H,6,16H2,(H,18,19). The lowest BCUT2D eigenvalue weighted by Gasteiger charge is -2.07. The molecule has 2 rings (SSSR count). The highest BCUT2D eigenvalue weighted by atomic mass is 79.9. The average molecular weight is 341 g/mol. The molecule has 2 aromatic rings. The van der Waals surface area contributed by atoms with Crippen molar-refractivity contribution in [3.63, 3.8) is 0 Å². The normalized spacial score (nSPS) is 10.2. The van der Waals surface area contributed by atoms with Crippen molar-refractivity contribution in [3.8, 4) is 0 Å². The SMILES string of the molecule is Nc1cnc(Cl)cc1C(=O)NCc1ccc(Br)cc1. The highest BCUT2D eigenvalue weighted by Crippen LogP contribution is 2.15. The first kappa shape index (κ1) is 13.8. The summed E-state index contributed by atoms with van der Waals surface area (Å²) in [6.07, 6.45) is 1.37. The van der Waals surface area contributed by atoms with E-state index >= 15 is 0 Å². The summed E-state index contributed by atoms with van der Waals surface area (Å²) in [6, 6.07) is 9.13. The van der Waals surface area contributed by atoms with Crippen LogP contribution >= 0.6 is 27.5 Å². The lowest BCUT2D eigenvalue weighted by Crippen LogP contribution is -2.23. The number of amides is 1. The van der Waals surface area contributed by atoms with E-state index in [0.717, 1.165) is 10.0 Å². The number of nitrogens with zero attached hydrogens (tertiary/aromatic N) is 1. The van der Waals surface area contributed by atoms with E-state index in [4.69, 9.17) is 17.3 Å². The first-order valence-corrected chi connectivity index (χ1v) is 6.67. The van der Waals surface area contributed by atoms with Crippen molar-refractivity contribution in [1.82, 2.24) is 10.3 Å². The maximum atomic E-state index is 12.0. The minimum absolute atomic E-state index is 0.239. The fraction of sp³-hybridized carbons (Fsp3) is 0.0769. The number of nitrogen functional groups attached to an aromatic ring is 1. The third kappa shape index (κ3) is 3.68. The van der Waals surface area contributed by atoms with E-state index in [2.05, 4.69) is 26.2 Å². The number of nitrogens with two attached hydrogens (primary N) is 1. The maximum absolute atomic E-state index is 12.0. The van der Waals surface area contributed by atoms with Gasteiger partial charge in [0.2, 0.25) is 0 Å². The van der Waals surface area contributed by atoms with Gasteiger partial charge < -0.3 is 11.1 Å². The maximum Gasteiger partial charge on any atom is 0.253 e. The highest BCUT2D eigenvalue weighted by molar-refractivity contribution is 9.10. The molecule has 6 heteroatoms. The Hall–Kier alpha value is -1.59. The number of anilines is 1. The summed E-state index contributed by atoms with van der Waals surface area (Å²) in [5, 5.41) is 3.02. The zero-order chi connectivity index (χ0) is 13.8. The van der Waals surface area contributed by atoms with E-state index in [1.54, 1.807) is 0 Å². The van der Waals surface area contributed by atoms with Gasteiger partial charge in [-0.05, 0) is 23.8 Å². The Morgan fingerprint density at radius 1 is 1.37 bits per heavy atom. The van der Waals surface area contributed by atoms with Crippen LogP contribution in [0.4, 0.5) is 5.69 Å². The van der Waals surface area contributed by atoms with Gasteiger partial charge >= 0.3 is 0 Å². The van der Waals surface area contributed by atoms with Gasteiger partial charge in [0.25, 0.3) is 5.91 Å². The van der Waals surface area contributed by atoms with E-state index < -0.39 is 0 Å². The third-order valence-electron chi connectivity index (χ3n) is 2.51. The summed E-state index contributed by atoms with van der Waals surface area (Å²) < 4.78 is 0.993. The largest absolute Gasteiger partial charge is 0.397 e. The number of nitrogens with one attached hydrogen (secondary N) is 1. The fourth-order valence-corrected chi connectivity index (χ4v) is 1.94. The number of halogens is 2. The Bertz CT molecular complexity index is 601. The molecule has 0 spiro atoms. The average Bonchev–Trinajstić information content (AvgIpc) is 2.40. The Labute approximate surface area is 124 Å². The molecule has 1 heterocycles. The molecule has 0 aliphatic rings. The molecule has 0 bridgehead atoms. The Kier molecular flexibility index (Phi) is 4.39. The summed E-state index contributed by atoms with van der Waals surface area (Å²) in [5.41, 5.74) is 7.32. The molecule has 0 saturated heterocycles. The number of pyridine rings is 1. The second-order valence-corrected chi connectivity index (χ2v) is 5.21. The smallest absolute Gasteiger partial charge is 0.253 e. The number of aromatic nitrogens is 1. The predicted octanol–water partition coefficient (Wildman–Crippen LogP) is 3.01. The van der Waals surface area contributed by atoms with Gasteiger partial charge in [0, 0.05) is 11.0 Å². The van der Waals surface area contributed by atoms with Gasteiger partial charge in [0.1, 0.15) is 5.15 Å². The number of hydrogen-bond acceptors (Lipinski definition) is 3. The molecule has 0 unspecified atom stereocenters. The molecule has 0 atom stereocenters. The van der Waals surface area contributed by atoms with Crippen LogP contribution in [0.1, 0.15) is 15.9 Å². The van der Waals surface area contributed by atoms with Crippen molar-refractivity contribution in [2.75, 3.05) is 5.73 Å². The monoisotopic (exact) mass is 339 g/mol. The van der Waals surface area contributed by atoms with Crippen LogP contribution in [0.2, 0.25) is 5.15 Å². The molecule has 1 aromatic carbocycles. The van der Waals surface area contributed by atoms with Gasteiger partial charge in [-0.25, -0.2) is 4.98 Å². The van der Waals surface area contributed by atoms with Crippen molar-refractivity contribution in [1.29, 1.82) is 0 Å². The molecule has 0 saturated carbocycles. The molecule has 0 aliphatic heterocycles. The number of carbonyl (C=O) groups is 1. The van der Waals surface area contributed by atoms with Crippen molar-refractivity contribution >= 4 is 39.1 Å². The summed E-state index contributed by atoms with van der Waals surface area (Å²) in [6.45, 7) is 0.422. The zero-order valence-electron chi connectivity index (χ0n) is 9.86. The first-order valence-electron chi connectivity index (χ1n) is 5.50. The van der Waals surface area contributed by atoms with Crippen molar-refractivity contribution in [2.45, 2.75) is 6.54 Å². The van der Waals surface area contributed by atoms with Gasteiger partial charge in [0.15, 0.2) is 0 Å². The predicted molar refractivity (Wildman–Crippen MR) is 79.0 cm³/mol. The number of hydrogen-bond donors (Lipinski definition) is 2. The quantitative estimate of drug-likeness (QED) is 0.844. The molecular weight excluding hydrogens is 330 g/mol. The molecular formula is C13H11BrClN3O. The van der Waals surface area contributed by atoms with Crippen LogP contribution in [0.5, 0.6) is 0 Å². The number of carbonyl (C=O) groups excluding carboxylic acids is 1. The second kappa shape index (κ2) is 6.04. The van der Waals surface area contributed by atoms with Crippen molar-refractivity contribution in [3.05, 3.63) is 57.3 Å². The van der Waals surface area contributed by atoms with Crippen LogP contribution < -0.4 is 11.1 Å². The Morgan fingerprint density at radius 2 is 2.05 bits per heavy atom. The molecule has 0 radical (unpaired) electrons. The molecule has 1 aromatic heterocycles. The molecule has 0 aliphatic carbocycles. The van der Waals surface area contributed by atoms with Crippen LogP contribution in [0.25, 0.3) is 0 Å².